The number of benzene rings is 2. The van der Waals surface area contributed by atoms with Gasteiger partial charge in [-0.2, -0.15) is 0 Å². The summed E-state index contributed by atoms with van der Waals surface area (Å²) in [6.07, 6.45) is 0.818. The summed E-state index contributed by atoms with van der Waals surface area (Å²) in [6, 6.07) is 15.3. The predicted molar refractivity (Wildman–Crippen MR) is 121 cm³/mol. The van der Waals surface area contributed by atoms with Crippen molar-refractivity contribution in [2.75, 3.05) is 20.2 Å². The van der Waals surface area contributed by atoms with Crippen LogP contribution < -0.4 is 24.8 Å². The minimum Gasteiger partial charge on any atom is -0.493 e. The molecule has 7 heteroatoms. The Morgan fingerprint density at radius 1 is 1.22 bits per heavy atom. The highest BCUT2D eigenvalue weighted by Gasteiger charge is 2.35. The summed E-state index contributed by atoms with van der Waals surface area (Å²) in [5, 5.41) is 7.58. The molecule has 1 fully saturated rings. The first-order chi connectivity index (χ1) is 15.4. The number of amides is 1. The molecule has 0 bridgehead atoms. The maximum atomic E-state index is 13.3. The minimum atomic E-state index is -0.806. The molecule has 1 saturated heterocycles. The fourth-order valence-corrected chi connectivity index (χ4v) is 4.19. The summed E-state index contributed by atoms with van der Waals surface area (Å²) in [7, 11) is 1.55. The van der Waals surface area contributed by atoms with Crippen LogP contribution in [0.1, 0.15) is 42.4 Å². The summed E-state index contributed by atoms with van der Waals surface area (Å²) in [5.74, 6) is 0.985. The molecule has 3 heterocycles. The third-order valence-electron chi connectivity index (χ3n) is 5.92. The number of fused-ring (bicyclic) bond motifs is 2. The van der Waals surface area contributed by atoms with Gasteiger partial charge < -0.3 is 24.8 Å². The van der Waals surface area contributed by atoms with Crippen molar-refractivity contribution in [3.63, 3.8) is 0 Å². The highest BCUT2D eigenvalue weighted by Crippen LogP contribution is 2.46. The van der Waals surface area contributed by atoms with E-state index in [4.69, 9.17) is 19.2 Å². The molecule has 7 nitrogen and oxygen atoms in total. The molecule has 0 radical (unpaired) electrons. The molecule has 0 aliphatic carbocycles. The number of hydrogen-bond acceptors (Lipinski definition) is 6. The van der Waals surface area contributed by atoms with Crippen LogP contribution in [0.4, 0.5) is 0 Å². The van der Waals surface area contributed by atoms with Gasteiger partial charge in [0.2, 0.25) is 11.5 Å². The molecule has 166 valence electrons. The second kappa shape index (κ2) is 7.98. The van der Waals surface area contributed by atoms with Gasteiger partial charge in [0.1, 0.15) is 0 Å². The van der Waals surface area contributed by atoms with Crippen molar-refractivity contribution in [2.45, 2.75) is 32.1 Å². The van der Waals surface area contributed by atoms with Gasteiger partial charge in [0, 0.05) is 24.8 Å². The van der Waals surface area contributed by atoms with E-state index in [1.807, 2.05) is 44.2 Å². The Labute approximate surface area is 187 Å². The van der Waals surface area contributed by atoms with E-state index in [1.54, 1.807) is 19.2 Å². The van der Waals surface area contributed by atoms with Crippen molar-refractivity contribution < 1.29 is 19.0 Å². The topological polar surface area (TPSA) is 81.7 Å². The van der Waals surface area contributed by atoms with Gasteiger partial charge in [-0.1, -0.05) is 24.3 Å². The van der Waals surface area contributed by atoms with Crippen molar-refractivity contribution in [1.82, 2.24) is 15.6 Å². The molecule has 2 aliphatic rings. The zero-order valence-electron chi connectivity index (χ0n) is 18.5. The number of aromatic nitrogens is 1. The third kappa shape index (κ3) is 3.96. The number of rotatable bonds is 6. The van der Waals surface area contributed by atoms with E-state index in [-0.39, 0.29) is 11.9 Å². The van der Waals surface area contributed by atoms with Crippen molar-refractivity contribution >= 4 is 16.8 Å². The molecule has 1 amide bonds. The smallest absolute Gasteiger partial charge is 0.252 e. The van der Waals surface area contributed by atoms with E-state index in [0.717, 1.165) is 36.1 Å². The van der Waals surface area contributed by atoms with Crippen LogP contribution in [-0.4, -0.2) is 36.9 Å². The largest absolute Gasteiger partial charge is 0.493 e. The van der Waals surface area contributed by atoms with Crippen LogP contribution >= 0.6 is 0 Å². The van der Waals surface area contributed by atoms with E-state index in [1.165, 1.54) is 0 Å². The van der Waals surface area contributed by atoms with Gasteiger partial charge in [0.25, 0.3) is 5.91 Å². The quantitative estimate of drug-likeness (QED) is 0.615. The fourth-order valence-electron chi connectivity index (χ4n) is 4.19. The van der Waals surface area contributed by atoms with E-state index >= 15 is 0 Å². The molecular formula is C25H27N3O4. The Morgan fingerprint density at radius 2 is 2.03 bits per heavy atom. The van der Waals surface area contributed by atoms with E-state index in [0.29, 0.717) is 28.7 Å². The first-order valence-corrected chi connectivity index (χ1v) is 10.9. The van der Waals surface area contributed by atoms with Gasteiger partial charge in [0.15, 0.2) is 11.5 Å². The van der Waals surface area contributed by atoms with Crippen molar-refractivity contribution in [2.24, 2.45) is 5.92 Å². The highest BCUT2D eigenvalue weighted by molar-refractivity contribution is 5.96. The highest BCUT2D eigenvalue weighted by atomic mass is 16.7. The summed E-state index contributed by atoms with van der Waals surface area (Å²) < 4.78 is 17.1. The molecule has 2 N–H and O–H groups in total. The third-order valence-corrected chi connectivity index (χ3v) is 5.92. The number of nitrogens with one attached hydrogen (secondary N) is 2. The Kier molecular flexibility index (Phi) is 5.13. The maximum Gasteiger partial charge on any atom is 0.252 e. The Bertz CT molecular complexity index is 1170. The number of carbonyl (C=O) groups excluding carboxylic acids is 1. The zero-order valence-corrected chi connectivity index (χ0v) is 18.5. The lowest BCUT2D eigenvalue weighted by Gasteiger charge is -2.31. The lowest BCUT2D eigenvalue weighted by molar-refractivity contribution is -0.0439. The second-order valence-electron chi connectivity index (χ2n) is 8.82. The lowest BCUT2D eigenvalue weighted by atomic mass is 9.92. The molecule has 2 aromatic carbocycles. The van der Waals surface area contributed by atoms with Crippen LogP contribution in [0.25, 0.3) is 10.9 Å². The van der Waals surface area contributed by atoms with Gasteiger partial charge in [-0.25, -0.2) is 0 Å². The molecule has 32 heavy (non-hydrogen) atoms. The summed E-state index contributed by atoms with van der Waals surface area (Å²) in [6.45, 7) is 5.54. The average molecular weight is 434 g/mol. The molecule has 1 atom stereocenters. The summed E-state index contributed by atoms with van der Waals surface area (Å²) in [5.41, 5.74) is 2.24. The number of ether oxygens (including phenoxy) is 3. The van der Waals surface area contributed by atoms with Gasteiger partial charge >= 0.3 is 0 Å². The Hall–Kier alpha value is -3.32. The molecule has 1 aromatic heterocycles. The van der Waals surface area contributed by atoms with E-state index in [9.17, 15) is 4.79 Å². The second-order valence-corrected chi connectivity index (χ2v) is 8.82. The van der Waals surface area contributed by atoms with Crippen LogP contribution in [-0.2, 0) is 0 Å². The average Bonchev–Trinajstić information content (AvgIpc) is 3.07. The van der Waals surface area contributed by atoms with Gasteiger partial charge in [-0.05, 0) is 49.7 Å². The Morgan fingerprint density at radius 3 is 2.78 bits per heavy atom. The summed E-state index contributed by atoms with van der Waals surface area (Å²) >= 11 is 0. The van der Waals surface area contributed by atoms with Crippen LogP contribution in [0.5, 0.6) is 17.2 Å². The van der Waals surface area contributed by atoms with Crippen LogP contribution in [0.15, 0.2) is 48.5 Å². The number of methoxy groups -OCH3 is 1. The van der Waals surface area contributed by atoms with Crippen LogP contribution in [0.2, 0.25) is 0 Å². The standard InChI is InChI=1S/C25H27N3O4/c1-25(2)31-22-12-17(11-21(30-3)23(22)32-25)24(29)28-20(10-15-13-26-14-15)19-9-8-16-6-4-5-7-18(16)27-19/h4-9,11-12,15,20,26H,10,13-14H2,1-3H3,(H,28,29). The van der Waals surface area contributed by atoms with E-state index in [2.05, 4.69) is 16.7 Å². The number of para-hydroxylation sites is 1. The van der Waals surface area contributed by atoms with Gasteiger partial charge in [-0.3, -0.25) is 9.78 Å². The molecular weight excluding hydrogens is 406 g/mol. The number of pyridine rings is 1. The van der Waals surface area contributed by atoms with E-state index < -0.39 is 5.79 Å². The zero-order chi connectivity index (χ0) is 22.3. The molecule has 3 aromatic rings. The maximum absolute atomic E-state index is 13.3. The minimum absolute atomic E-state index is 0.202. The number of hydrogen-bond donors (Lipinski definition) is 2. The Balaban J connectivity index is 1.44. The van der Waals surface area contributed by atoms with Crippen LogP contribution in [0, 0.1) is 5.92 Å². The summed E-state index contributed by atoms with van der Waals surface area (Å²) in [4.78, 5) is 18.1. The normalized spacial score (nSPS) is 17.6. The predicted octanol–water partition coefficient (Wildman–Crippen LogP) is 3.83. The van der Waals surface area contributed by atoms with Gasteiger partial charge in [-0.15, -0.1) is 0 Å². The molecule has 1 unspecified atom stereocenters. The van der Waals surface area contributed by atoms with Gasteiger partial charge in [0.05, 0.1) is 24.4 Å². The molecule has 2 aliphatic heterocycles. The fraction of sp³-hybridized carbons (Fsp3) is 0.360. The SMILES string of the molecule is COc1cc(C(=O)NC(CC2CNC2)c2ccc3ccccc3n2)cc2c1OC(C)(C)O2. The molecule has 0 saturated carbocycles. The first-order valence-electron chi connectivity index (χ1n) is 10.9. The van der Waals surface area contributed by atoms with Crippen molar-refractivity contribution in [3.05, 3.63) is 59.8 Å². The van der Waals surface area contributed by atoms with Crippen molar-refractivity contribution in [1.29, 1.82) is 0 Å². The monoisotopic (exact) mass is 433 g/mol. The first kappa shape index (κ1) is 20.6. The number of nitrogens with zero attached hydrogens (tertiary/aromatic N) is 1. The molecule has 0 spiro atoms. The van der Waals surface area contributed by atoms with Crippen molar-refractivity contribution in [3.8, 4) is 17.2 Å². The number of carbonyl (C=O) groups is 1. The lowest BCUT2D eigenvalue weighted by Crippen LogP contribution is -2.44. The van der Waals surface area contributed by atoms with Crippen LogP contribution in [0.3, 0.4) is 0 Å². The molecule has 5 rings (SSSR count).